The van der Waals surface area contributed by atoms with Crippen molar-refractivity contribution in [2.45, 2.75) is 34.6 Å². The third-order valence-corrected chi connectivity index (χ3v) is 11.3. The Morgan fingerprint density at radius 3 is 1.22 bits per heavy atom. The molecule has 7 rings (SSSR count). The highest BCUT2D eigenvalue weighted by Gasteiger charge is 2.07. The summed E-state index contributed by atoms with van der Waals surface area (Å²) in [6.07, 6.45) is 61.7. The smallest absolute Gasteiger partial charge is 0.0177 e. The van der Waals surface area contributed by atoms with Crippen molar-refractivity contribution < 1.29 is 0 Å². The number of nitrogens with one attached hydrogen (secondary N) is 2. The molecule has 0 heterocycles. The molecule has 0 spiro atoms. The lowest BCUT2D eigenvalue weighted by atomic mass is 9.93. The molecule has 0 saturated carbocycles. The van der Waals surface area contributed by atoms with Crippen molar-refractivity contribution in [3.8, 4) is 11.1 Å². The Balaban J connectivity index is 0.000000360. The number of allylic oxidation sites excluding steroid dienone is 27. The van der Waals surface area contributed by atoms with E-state index in [1.165, 1.54) is 61.8 Å². The van der Waals surface area contributed by atoms with E-state index in [1.807, 2.05) is 141 Å². The first-order valence-electron chi connectivity index (χ1n) is 26.1. The second-order valence-corrected chi connectivity index (χ2v) is 17.0. The highest BCUT2D eigenvalue weighted by molar-refractivity contribution is 5.80. The molecule has 78 heavy (non-hydrogen) atoms. The molecule has 3 nitrogen and oxygen atoms in total. The van der Waals surface area contributed by atoms with E-state index in [4.69, 9.17) is 16.6 Å². The monoisotopic (exact) mass is 1020 g/mol. The number of nitrogens with two attached hydrogens (primary N) is 1. The van der Waals surface area contributed by atoms with Crippen LogP contribution in [0.3, 0.4) is 0 Å². The molecular weight excluding hydrogens is 943 g/mol. The molecule has 0 amide bonds. The van der Waals surface area contributed by atoms with Crippen LogP contribution in [0, 0.1) is 31.6 Å². The highest BCUT2D eigenvalue weighted by Crippen LogP contribution is 2.29. The van der Waals surface area contributed by atoms with Gasteiger partial charge in [0.2, 0.25) is 0 Å². The molecule has 6 aromatic rings. The summed E-state index contributed by atoms with van der Waals surface area (Å²) in [5.41, 5.74) is 21.5. The average Bonchev–Trinajstić information content (AvgIpc) is 3.49. The minimum Gasteiger partial charge on any atom is -0.405 e. The molecular formula is C75H77N3. The summed E-state index contributed by atoms with van der Waals surface area (Å²) in [6, 6.07) is 52.5. The minimum atomic E-state index is 1.07. The van der Waals surface area contributed by atoms with Crippen LogP contribution in [0.15, 0.2) is 310 Å². The molecule has 0 aromatic heterocycles. The van der Waals surface area contributed by atoms with Crippen molar-refractivity contribution in [1.29, 1.82) is 10.8 Å². The lowest BCUT2D eigenvalue weighted by Crippen LogP contribution is -1.89. The fourth-order valence-corrected chi connectivity index (χ4v) is 7.38. The molecule has 6 aromatic carbocycles. The zero-order valence-corrected chi connectivity index (χ0v) is 46.1. The van der Waals surface area contributed by atoms with Crippen molar-refractivity contribution in [3.05, 3.63) is 360 Å². The van der Waals surface area contributed by atoms with Crippen molar-refractivity contribution in [2.75, 3.05) is 0 Å². The van der Waals surface area contributed by atoms with Crippen LogP contribution in [-0.4, -0.2) is 12.9 Å². The van der Waals surface area contributed by atoms with Crippen LogP contribution in [0.1, 0.15) is 63.9 Å². The molecule has 3 heteroatoms. The number of hydrogen-bond acceptors (Lipinski definition) is 3. The van der Waals surface area contributed by atoms with Crippen LogP contribution >= 0.6 is 0 Å². The van der Waals surface area contributed by atoms with Crippen LogP contribution in [-0.2, 0) is 0 Å². The molecule has 0 bridgehead atoms. The minimum absolute atomic E-state index is 1.07. The zero-order chi connectivity index (χ0) is 56.1. The van der Waals surface area contributed by atoms with Gasteiger partial charge in [-0.05, 0) is 126 Å². The molecule has 0 atom stereocenters. The van der Waals surface area contributed by atoms with E-state index in [1.54, 1.807) is 12.3 Å². The van der Waals surface area contributed by atoms with Gasteiger partial charge in [-0.1, -0.05) is 321 Å². The fourth-order valence-electron chi connectivity index (χ4n) is 7.38. The summed E-state index contributed by atoms with van der Waals surface area (Å²) < 4.78 is 0. The van der Waals surface area contributed by atoms with Gasteiger partial charge in [-0.3, -0.25) is 0 Å². The third kappa shape index (κ3) is 25.5. The summed E-state index contributed by atoms with van der Waals surface area (Å²) in [4.78, 5) is 0. The largest absolute Gasteiger partial charge is 0.405 e. The SMILES string of the molecule is C/C=C/C=C\C=C(/C=C\C=C\C=C\C=C\C=C\C=C(/C=C\N)c1ccccc1)c1ccc(-c2ccccc2C)c(C)c1.C/C=C\C=C/C=N.C1=C\c2ccccc2/C=C/C=C\c2ccccc2/C=C/1.C=N.Cc1ccccc1. The maximum Gasteiger partial charge on any atom is 0.0177 e. The van der Waals surface area contributed by atoms with Gasteiger partial charge in [-0.25, -0.2) is 0 Å². The van der Waals surface area contributed by atoms with Crippen molar-refractivity contribution in [1.82, 2.24) is 0 Å². The normalized spacial score (nSPS) is 14.2. The summed E-state index contributed by atoms with van der Waals surface area (Å²) in [7, 11) is 0. The number of hydrogen-bond donors (Lipinski definition) is 3. The Morgan fingerprint density at radius 1 is 0.385 bits per heavy atom. The molecule has 1 aliphatic carbocycles. The quantitative estimate of drug-likeness (QED) is 0.0738. The van der Waals surface area contributed by atoms with E-state index in [2.05, 4.69) is 222 Å². The Kier molecular flexibility index (Phi) is 32.6. The molecule has 392 valence electrons. The average molecular weight is 1020 g/mol. The van der Waals surface area contributed by atoms with Crippen LogP contribution < -0.4 is 5.73 Å². The molecule has 0 fully saturated rings. The van der Waals surface area contributed by atoms with Gasteiger partial charge in [-0.2, -0.15) is 0 Å². The van der Waals surface area contributed by atoms with Crippen LogP contribution in [0.4, 0.5) is 0 Å². The highest BCUT2D eigenvalue weighted by atomic mass is 14.5. The number of fused-ring (bicyclic) bond motifs is 2. The molecule has 1 aliphatic rings. The Bertz CT molecular complexity index is 3080. The molecule has 0 saturated heterocycles. The Labute approximate surface area is 468 Å². The summed E-state index contributed by atoms with van der Waals surface area (Å²) >= 11 is 0. The molecule has 0 radical (unpaired) electrons. The summed E-state index contributed by atoms with van der Waals surface area (Å²) in [5.74, 6) is 0. The van der Waals surface area contributed by atoms with Crippen LogP contribution in [0.5, 0.6) is 0 Å². The number of benzene rings is 6. The van der Waals surface area contributed by atoms with E-state index < -0.39 is 0 Å². The van der Waals surface area contributed by atoms with Crippen molar-refractivity contribution in [3.63, 3.8) is 0 Å². The van der Waals surface area contributed by atoms with Gasteiger partial charge < -0.3 is 16.6 Å². The van der Waals surface area contributed by atoms with Gasteiger partial charge in [0.15, 0.2) is 0 Å². The molecule has 4 N–H and O–H groups in total. The summed E-state index contributed by atoms with van der Waals surface area (Å²) in [6.45, 7) is 12.9. The van der Waals surface area contributed by atoms with E-state index in [0.717, 1.165) is 16.7 Å². The number of rotatable bonds is 14. The number of aryl methyl sites for hydroxylation is 3. The second kappa shape index (κ2) is 40.7. The van der Waals surface area contributed by atoms with Crippen molar-refractivity contribution >= 4 is 48.4 Å². The van der Waals surface area contributed by atoms with E-state index in [-0.39, 0.29) is 0 Å². The van der Waals surface area contributed by atoms with Crippen LogP contribution in [0.2, 0.25) is 0 Å². The lowest BCUT2D eigenvalue weighted by Gasteiger charge is -2.12. The maximum atomic E-state index is 6.54. The summed E-state index contributed by atoms with van der Waals surface area (Å²) in [5, 5.41) is 12.0. The molecule has 0 unspecified atom stereocenters. The first-order chi connectivity index (χ1) is 38.4. The first-order valence-corrected chi connectivity index (χ1v) is 26.1. The van der Waals surface area contributed by atoms with Gasteiger partial charge in [-0.15, -0.1) is 0 Å². The fraction of sp³-hybridized carbons (Fsp3) is 0.0667. The van der Waals surface area contributed by atoms with Gasteiger partial charge >= 0.3 is 0 Å². The third-order valence-electron chi connectivity index (χ3n) is 11.3. The Hall–Kier alpha value is -9.70. The van der Waals surface area contributed by atoms with E-state index >= 15 is 0 Å². The maximum absolute atomic E-state index is 6.54. The van der Waals surface area contributed by atoms with E-state index in [9.17, 15) is 0 Å². The lowest BCUT2D eigenvalue weighted by molar-refractivity contribution is 1.40. The predicted molar refractivity (Wildman–Crippen MR) is 350 cm³/mol. The van der Waals surface area contributed by atoms with Crippen molar-refractivity contribution in [2.24, 2.45) is 5.73 Å². The van der Waals surface area contributed by atoms with Gasteiger partial charge in [0, 0.05) is 6.21 Å². The Morgan fingerprint density at radius 2 is 0.782 bits per heavy atom. The molecule has 0 aliphatic heterocycles. The van der Waals surface area contributed by atoms with Gasteiger partial charge in [0.1, 0.15) is 0 Å². The van der Waals surface area contributed by atoms with Gasteiger partial charge in [0.25, 0.3) is 0 Å². The topological polar surface area (TPSA) is 73.7 Å². The predicted octanol–water partition coefficient (Wildman–Crippen LogP) is 20.3. The van der Waals surface area contributed by atoms with Gasteiger partial charge in [0.05, 0.1) is 0 Å². The van der Waals surface area contributed by atoms with Crippen LogP contribution in [0.25, 0.3) is 46.6 Å². The first kappa shape index (κ1) is 62.6. The zero-order valence-electron chi connectivity index (χ0n) is 46.1. The second-order valence-electron chi connectivity index (χ2n) is 17.0. The standard InChI is InChI=1S/C41H41N.C20H16.C7H8.C6H9N.CH3N/c1-4-5-6-15-25-37(39-29-30-41(35(3)33-39)40-28-21-20-22-34(40)2)26-16-12-10-8-7-9-11-13-17-27-38(31-32-42)36-23-18-14-19-24-36;1-2-10-18-14-7-8-16-20-12-4-3-11-19(20)15-6-5-13-17(18)9-1;1-7-5-3-2-4-6-7;1-2-3-4-5-6-7;1-2/h4-33H,42H2,1-3H3;1-16H;2-6H,1H3;2-7H,1H3;2H,1H2/b5-4+,8-7+,11-9+,12-10+,15-6-,17-13+,26-16-,32-31-,37-25+,38-27+;6-5?,8-7?,13-5-,14-7+,15-6+,16-8-,17-13?,18-14?,19-15?,20-16?;;3-2-,5-4-,7-6?;. The van der Waals surface area contributed by atoms with E-state index in [0.29, 0.717) is 0 Å².